The van der Waals surface area contributed by atoms with E-state index in [-0.39, 0.29) is 17.1 Å². The van der Waals surface area contributed by atoms with Crippen molar-refractivity contribution in [3.05, 3.63) is 70.4 Å². The fourth-order valence-electron chi connectivity index (χ4n) is 4.47. The van der Waals surface area contributed by atoms with Gasteiger partial charge in [0.05, 0.1) is 11.3 Å². The lowest BCUT2D eigenvalue weighted by Gasteiger charge is -2.33. The summed E-state index contributed by atoms with van der Waals surface area (Å²) >= 11 is 2.91. The van der Waals surface area contributed by atoms with E-state index in [4.69, 9.17) is 0 Å². The van der Waals surface area contributed by atoms with Crippen molar-refractivity contribution in [3.8, 4) is 6.07 Å². The molecule has 1 amide bonds. The molecule has 1 aliphatic carbocycles. The Bertz CT molecular complexity index is 1250. The molecule has 0 bridgehead atoms. The lowest BCUT2D eigenvalue weighted by Crippen LogP contribution is -2.26. The van der Waals surface area contributed by atoms with Crippen LogP contribution >= 0.6 is 23.1 Å². The molecule has 1 atom stereocenters. The number of benzene rings is 1. The van der Waals surface area contributed by atoms with Gasteiger partial charge in [-0.05, 0) is 41.7 Å². The highest BCUT2D eigenvalue weighted by atomic mass is 32.2. The summed E-state index contributed by atoms with van der Waals surface area (Å²) in [7, 11) is 0. The van der Waals surface area contributed by atoms with Gasteiger partial charge in [0.2, 0.25) is 5.91 Å². The minimum atomic E-state index is -0.143. The number of carbonyl (C=O) groups is 1. The number of nitrogens with zero attached hydrogens (tertiary/aromatic N) is 4. The summed E-state index contributed by atoms with van der Waals surface area (Å²) < 4.78 is 2.00. The van der Waals surface area contributed by atoms with Crippen molar-refractivity contribution in [2.24, 2.45) is 11.3 Å². The average molecular weight is 506 g/mol. The van der Waals surface area contributed by atoms with Gasteiger partial charge in [0.1, 0.15) is 16.9 Å². The van der Waals surface area contributed by atoms with E-state index in [2.05, 4.69) is 61.1 Å². The van der Waals surface area contributed by atoms with Crippen LogP contribution in [0.25, 0.3) is 0 Å². The lowest BCUT2D eigenvalue weighted by molar-refractivity contribution is -0.113. The Morgan fingerprint density at radius 3 is 2.80 bits per heavy atom. The van der Waals surface area contributed by atoms with Gasteiger partial charge in [-0.1, -0.05) is 68.9 Å². The quantitative estimate of drug-likeness (QED) is 0.306. The van der Waals surface area contributed by atoms with Crippen molar-refractivity contribution in [2.75, 3.05) is 11.1 Å². The molecule has 2 heterocycles. The van der Waals surface area contributed by atoms with Crippen LogP contribution in [0.3, 0.4) is 0 Å². The molecule has 4 rings (SSSR count). The van der Waals surface area contributed by atoms with E-state index in [1.807, 2.05) is 28.8 Å². The van der Waals surface area contributed by atoms with Crippen LogP contribution in [-0.4, -0.2) is 26.4 Å². The molecule has 0 unspecified atom stereocenters. The standard InChI is InChI=1S/C27H31N5OS2/c1-5-13-32-23(14-18-9-7-6-8-10-18)30-31-26(32)34-17-24(33)29-25-21(16-28)20-12-11-19(27(2,3)4)15-22(20)35-25/h5-10,19H,1,11-15,17H2,2-4H3,(H,29,33)/t19-/m1/s1. The van der Waals surface area contributed by atoms with Crippen LogP contribution in [0, 0.1) is 22.7 Å². The maximum absolute atomic E-state index is 12.8. The van der Waals surface area contributed by atoms with E-state index in [0.29, 0.717) is 34.6 Å². The first-order chi connectivity index (χ1) is 16.8. The molecule has 182 valence electrons. The third kappa shape index (κ3) is 5.85. The van der Waals surface area contributed by atoms with Gasteiger partial charge in [0.25, 0.3) is 0 Å². The first kappa shape index (κ1) is 25.2. The first-order valence-electron chi connectivity index (χ1n) is 11.8. The predicted molar refractivity (Wildman–Crippen MR) is 143 cm³/mol. The van der Waals surface area contributed by atoms with Crippen LogP contribution in [0.15, 0.2) is 48.1 Å². The Hall–Kier alpha value is -2.89. The molecule has 0 spiro atoms. The molecule has 2 aromatic heterocycles. The number of nitrogens with one attached hydrogen (secondary N) is 1. The summed E-state index contributed by atoms with van der Waals surface area (Å²) in [5.41, 5.74) is 3.14. The van der Waals surface area contributed by atoms with Gasteiger partial charge >= 0.3 is 0 Å². The molecular weight excluding hydrogens is 474 g/mol. The molecule has 1 aromatic carbocycles. The van der Waals surface area contributed by atoms with E-state index in [9.17, 15) is 10.1 Å². The normalized spacial score (nSPS) is 15.3. The number of thioether (sulfide) groups is 1. The summed E-state index contributed by atoms with van der Waals surface area (Å²) in [6, 6.07) is 12.5. The van der Waals surface area contributed by atoms with Crippen LogP contribution in [-0.2, 0) is 30.6 Å². The molecule has 8 heteroatoms. The Morgan fingerprint density at radius 2 is 2.11 bits per heavy atom. The molecule has 0 radical (unpaired) electrons. The summed E-state index contributed by atoms with van der Waals surface area (Å²) in [4.78, 5) is 14.1. The monoisotopic (exact) mass is 505 g/mol. The smallest absolute Gasteiger partial charge is 0.235 e. The number of rotatable bonds is 8. The molecular formula is C27H31N5OS2. The van der Waals surface area contributed by atoms with Crippen molar-refractivity contribution < 1.29 is 4.79 Å². The number of carbonyl (C=O) groups excluding carboxylic acids is 1. The number of fused-ring (bicyclic) bond motifs is 1. The Labute approximate surface area is 215 Å². The van der Waals surface area contributed by atoms with Gasteiger partial charge in [-0.3, -0.25) is 4.79 Å². The minimum Gasteiger partial charge on any atom is -0.316 e. The van der Waals surface area contributed by atoms with Gasteiger partial charge in [-0.2, -0.15) is 5.26 Å². The molecule has 6 nitrogen and oxygen atoms in total. The number of allylic oxidation sites excluding steroid dienone is 1. The SMILES string of the molecule is C=CCn1c(Cc2ccccc2)nnc1SCC(=O)Nc1sc2c(c1C#N)CC[C@@H](C(C)(C)C)C2. The van der Waals surface area contributed by atoms with Crippen LogP contribution in [0.2, 0.25) is 0 Å². The van der Waals surface area contributed by atoms with Crippen molar-refractivity contribution >= 4 is 34.0 Å². The molecule has 3 aromatic rings. The summed E-state index contributed by atoms with van der Waals surface area (Å²) in [5.74, 6) is 1.47. The highest BCUT2D eigenvalue weighted by Gasteiger charge is 2.32. The number of aromatic nitrogens is 3. The zero-order chi connectivity index (χ0) is 25.0. The summed E-state index contributed by atoms with van der Waals surface area (Å²) in [6.45, 7) is 11.3. The number of nitriles is 1. The van der Waals surface area contributed by atoms with E-state index in [0.717, 1.165) is 36.2 Å². The zero-order valence-corrected chi connectivity index (χ0v) is 22.1. The second-order valence-corrected chi connectivity index (χ2v) is 12.0. The van der Waals surface area contributed by atoms with Gasteiger partial charge in [0, 0.05) is 17.8 Å². The van der Waals surface area contributed by atoms with Crippen LogP contribution < -0.4 is 5.32 Å². The van der Waals surface area contributed by atoms with Crippen molar-refractivity contribution in [1.29, 1.82) is 5.26 Å². The number of anilines is 1. The molecule has 0 aliphatic heterocycles. The third-order valence-corrected chi connectivity index (χ3v) is 8.63. The predicted octanol–water partition coefficient (Wildman–Crippen LogP) is 5.87. The second-order valence-electron chi connectivity index (χ2n) is 9.92. The van der Waals surface area contributed by atoms with Gasteiger partial charge in [0.15, 0.2) is 5.16 Å². The average Bonchev–Trinajstić information content (AvgIpc) is 3.37. The molecule has 0 saturated heterocycles. The maximum atomic E-state index is 12.8. The van der Waals surface area contributed by atoms with Crippen molar-refractivity contribution in [2.45, 2.75) is 58.2 Å². The fourth-order valence-corrected chi connectivity index (χ4v) is 6.53. The Morgan fingerprint density at radius 1 is 1.34 bits per heavy atom. The Kier molecular flexibility index (Phi) is 7.78. The largest absolute Gasteiger partial charge is 0.316 e. The minimum absolute atomic E-state index is 0.143. The second kappa shape index (κ2) is 10.8. The van der Waals surface area contributed by atoms with Gasteiger partial charge in [-0.25, -0.2) is 0 Å². The van der Waals surface area contributed by atoms with Crippen molar-refractivity contribution in [3.63, 3.8) is 0 Å². The summed E-state index contributed by atoms with van der Waals surface area (Å²) in [6.07, 6.45) is 5.42. The van der Waals surface area contributed by atoms with Crippen LogP contribution in [0.4, 0.5) is 5.00 Å². The Balaban J connectivity index is 1.43. The molecule has 35 heavy (non-hydrogen) atoms. The van der Waals surface area contributed by atoms with Crippen molar-refractivity contribution in [1.82, 2.24) is 14.8 Å². The van der Waals surface area contributed by atoms with Crippen LogP contribution in [0.5, 0.6) is 0 Å². The molecule has 1 aliphatic rings. The number of hydrogen-bond donors (Lipinski definition) is 1. The zero-order valence-electron chi connectivity index (χ0n) is 20.5. The van der Waals surface area contributed by atoms with E-state index in [1.54, 1.807) is 11.3 Å². The lowest BCUT2D eigenvalue weighted by atomic mass is 9.72. The van der Waals surface area contributed by atoms with Gasteiger partial charge in [-0.15, -0.1) is 28.1 Å². The van der Waals surface area contributed by atoms with Crippen LogP contribution in [0.1, 0.15) is 54.6 Å². The molecule has 1 N–H and O–H groups in total. The highest BCUT2D eigenvalue weighted by Crippen LogP contribution is 2.44. The molecule has 0 saturated carbocycles. The third-order valence-electron chi connectivity index (χ3n) is 6.50. The maximum Gasteiger partial charge on any atom is 0.235 e. The number of hydrogen-bond acceptors (Lipinski definition) is 6. The number of amides is 1. The van der Waals surface area contributed by atoms with E-state index in [1.165, 1.54) is 16.6 Å². The van der Waals surface area contributed by atoms with E-state index < -0.39 is 0 Å². The van der Waals surface area contributed by atoms with E-state index >= 15 is 0 Å². The topological polar surface area (TPSA) is 83.6 Å². The number of thiophene rings is 1. The molecule has 0 fully saturated rings. The fraction of sp³-hybridized carbons (Fsp3) is 0.407. The highest BCUT2D eigenvalue weighted by molar-refractivity contribution is 7.99. The first-order valence-corrected chi connectivity index (χ1v) is 13.6. The van der Waals surface area contributed by atoms with Gasteiger partial charge < -0.3 is 9.88 Å². The summed E-state index contributed by atoms with van der Waals surface area (Å²) in [5, 5.41) is 22.8.